The van der Waals surface area contributed by atoms with Crippen molar-refractivity contribution < 1.29 is 43.8 Å². The van der Waals surface area contributed by atoms with E-state index in [0.29, 0.717) is 0 Å². The van der Waals surface area contributed by atoms with Crippen LogP contribution in [0.3, 0.4) is 0 Å². The highest BCUT2D eigenvalue weighted by Gasteiger charge is 2.33. The summed E-state index contributed by atoms with van der Waals surface area (Å²) >= 11 is 0. The normalized spacial score (nSPS) is 15.1. The lowest BCUT2D eigenvalue weighted by molar-refractivity contribution is -0.145. The first-order chi connectivity index (χ1) is 15.1. The number of hydrogen-bond acceptors (Lipinski definition) is 9. The largest absolute Gasteiger partial charge is 0.480 e. The Hall–Kier alpha value is -3.79. The van der Waals surface area contributed by atoms with Gasteiger partial charge in [0.15, 0.2) is 6.04 Å². The number of aliphatic hydroxyl groups is 1. The first-order valence-corrected chi connectivity index (χ1v) is 9.58. The molecular weight excluding hydrogens is 446 g/mol. The molecule has 186 valence electrons. The lowest BCUT2D eigenvalue weighted by atomic mass is 10.1. The molecular formula is C17H29N7O9. The standard InChI is InChI=1S/C17H29N7O9/c1-6(25)13(17(32)33)24-16(31)9(5-12(21)28)23-15(30)8(4-11(20)27)22-14(29)7(18)2-3-10(19)26/h6-9,13,25H,2-5,18H2,1H3,(H2,19,26)(H2,20,27)(H2,21,28)(H,22,29)(H,23,30)(H,24,31)(H,32,33). The van der Waals surface area contributed by atoms with Gasteiger partial charge in [-0.05, 0) is 13.3 Å². The number of aliphatic hydroxyl groups excluding tert-OH is 1. The molecule has 0 bridgehead atoms. The molecule has 33 heavy (non-hydrogen) atoms. The van der Waals surface area contributed by atoms with Crippen molar-refractivity contribution in [3.8, 4) is 0 Å². The van der Waals surface area contributed by atoms with E-state index in [-0.39, 0.29) is 12.8 Å². The Kier molecular flexibility index (Phi) is 12.0. The van der Waals surface area contributed by atoms with Gasteiger partial charge in [0, 0.05) is 6.42 Å². The van der Waals surface area contributed by atoms with Gasteiger partial charge in [-0.1, -0.05) is 0 Å². The van der Waals surface area contributed by atoms with Crippen LogP contribution < -0.4 is 38.9 Å². The average molecular weight is 475 g/mol. The molecule has 0 radical (unpaired) electrons. The molecule has 0 aromatic heterocycles. The zero-order valence-corrected chi connectivity index (χ0v) is 17.8. The summed E-state index contributed by atoms with van der Waals surface area (Å²) in [5, 5.41) is 24.7. The number of nitrogens with two attached hydrogens (primary N) is 4. The maximum atomic E-state index is 12.6. The molecule has 0 saturated carbocycles. The highest BCUT2D eigenvalue weighted by molar-refractivity contribution is 5.97. The van der Waals surface area contributed by atoms with E-state index in [0.717, 1.165) is 6.92 Å². The molecule has 5 unspecified atom stereocenters. The summed E-state index contributed by atoms with van der Waals surface area (Å²) in [4.78, 5) is 81.8. The van der Waals surface area contributed by atoms with Crippen LogP contribution in [0.1, 0.15) is 32.6 Å². The number of amides is 6. The van der Waals surface area contributed by atoms with Gasteiger partial charge < -0.3 is 49.1 Å². The second-order valence-electron chi connectivity index (χ2n) is 7.14. The monoisotopic (exact) mass is 475 g/mol. The van der Waals surface area contributed by atoms with Crippen molar-refractivity contribution in [1.82, 2.24) is 16.0 Å². The number of carboxylic acids is 1. The van der Waals surface area contributed by atoms with Crippen LogP contribution in [0.5, 0.6) is 0 Å². The first kappa shape index (κ1) is 29.2. The Morgan fingerprint density at radius 3 is 1.55 bits per heavy atom. The highest BCUT2D eigenvalue weighted by atomic mass is 16.4. The van der Waals surface area contributed by atoms with E-state index in [2.05, 4.69) is 10.6 Å². The summed E-state index contributed by atoms with van der Waals surface area (Å²) in [6.07, 6.45) is -3.42. The first-order valence-electron chi connectivity index (χ1n) is 9.58. The SMILES string of the molecule is CC(O)C(NC(=O)C(CC(N)=O)NC(=O)C(CC(N)=O)NC(=O)C(N)CCC(N)=O)C(=O)O. The Morgan fingerprint density at radius 2 is 1.18 bits per heavy atom. The smallest absolute Gasteiger partial charge is 0.328 e. The predicted molar refractivity (Wildman–Crippen MR) is 109 cm³/mol. The minimum absolute atomic E-state index is 0.158. The zero-order valence-electron chi connectivity index (χ0n) is 17.8. The summed E-state index contributed by atoms with van der Waals surface area (Å²) in [6.45, 7) is 1.08. The maximum Gasteiger partial charge on any atom is 0.328 e. The van der Waals surface area contributed by atoms with E-state index >= 15 is 0 Å². The van der Waals surface area contributed by atoms with E-state index < -0.39 is 84.5 Å². The van der Waals surface area contributed by atoms with Crippen molar-refractivity contribution in [3.63, 3.8) is 0 Å². The van der Waals surface area contributed by atoms with Crippen molar-refractivity contribution in [2.45, 2.75) is 62.9 Å². The van der Waals surface area contributed by atoms with Crippen molar-refractivity contribution in [1.29, 1.82) is 0 Å². The Morgan fingerprint density at radius 1 is 0.758 bits per heavy atom. The molecule has 0 aliphatic rings. The molecule has 0 saturated heterocycles. The predicted octanol–water partition coefficient (Wildman–Crippen LogP) is -5.75. The molecule has 16 nitrogen and oxygen atoms in total. The number of aliphatic carboxylic acids is 1. The number of carboxylic acid groups (broad SMARTS) is 1. The summed E-state index contributed by atoms with van der Waals surface area (Å²) in [5.74, 6) is -7.64. The highest BCUT2D eigenvalue weighted by Crippen LogP contribution is 2.02. The van der Waals surface area contributed by atoms with Gasteiger partial charge in [0.05, 0.1) is 25.0 Å². The average Bonchev–Trinajstić information content (AvgIpc) is 2.67. The van der Waals surface area contributed by atoms with Crippen LogP contribution in [-0.2, 0) is 33.6 Å². The van der Waals surface area contributed by atoms with Crippen molar-refractivity contribution in [2.75, 3.05) is 0 Å². The molecule has 5 atom stereocenters. The van der Waals surface area contributed by atoms with Crippen molar-refractivity contribution >= 4 is 41.4 Å². The van der Waals surface area contributed by atoms with E-state index in [1.807, 2.05) is 5.32 Å². The molecule has 13 N–H and O–H groups in total. The summed E-state index contributed by atoms with van der Waals surface area (Å²) in [7, 11) is 0. The van der Waals surface area contributed by atoms with Crippen LogP contribution >= 0.6 is 0 Å². The molecule has 0 aromatic rings. The third-order valence-electron chi connectivity index (χ3n) is 4.16. The Labute approximate surface area is 187 Å². The molecule has 6 amide bonds. The van der Waals surface area contributed by atoms with Gasteiger partial charge in [-0.15, -0.1) is 0 Å². The number of nitrogens with one attached hydrogen (secondary N) is 3. The van der Waals surface area contributed by atoms with Crippen LogP contribution in [0, 0.1) is 0 Å². The molecule has 0 fully saturated rings. The van der Waals surface area contributed by atoms with Gasteiger partial charge in [0.1, 0.15) is 12.1 Å². The number of hydrogen-bond donors (Lipinski definition) is 9. The molecule has 0 rings (SSSR count). The number of primary amides is 3. The van der Waals surface area contributed by atoms with Crippen LogP contribution in [0.4, 0.5) is 0 Å². The van der Waals surface area contributed by atoms with Crippen LogP contribution in [0.15, 0.2) is 0 Å². The van der Waals surface area contributed by atoms with Gasteiger partial charge >= 0.3 is 5.97 Å². The minimum atomic E-state index is -1.77. The molecule has 0 aliphatic heterocycles. The summed E-state index contributed by atoms with van der Waals surface area (Å²) in [6, 6.07) is -6.39. The lowest BCUT2D eigenvalue weighted by Crippen LogP contribution is -2.59. The maximum absolute atomic E-state index is 12.6. The summed E-state index contributed by atoms with van der Waals surface area (Å²) in [5.41, 5.74) is 20.7. The minimum Gasteiger partial charge on any atom is -0.480 e. The van der Waals surface area contributed by atoms with E-state index in [1.54, 1.807) is 0 Å². The third-order valence-corrected chi connectivity index (χ3v) is 4.16. The topological polar surface area (TPSA) is 300 Å². The van der Waals surface area contributed by atoms with Crippen molar-refractivity contribution in [2.24, 2.45) is 22.9 Å². The quantitative estimate of drug-likeness (QED) is 0.108. The van der Waals surface area contributed by atoms with Gasteiger partial charge in [-0.2, -0.15) is 0 Å². The second kappa shape index (κ2) is 13.6. The fourth-order valence-corrected chi connectivity index (χ4v) is 2.44. The van der Waals surface area contributed by atoms with Gasteiger partial charge in [0.25, 0.3) is 0 Å². The van der Waals surface area contributed by atoms with Gasteiger partial charge in [0.2, 0.25) is 35.4 Å². The third kappa shape index (κ3) is 11.4. The van der Waals surface area contributed by atoms with Crippen LogP contribution in [-0.4, -0.2) is 81.9 Å². The number of carbonyl (C=O) groups is 7. The van der Waals surface area contributed by atoms with Crippen molar-refractivity contribution in [3.05, 3.63) is 0 Å². The zero-order chi connectivity index (χ0) is 25.9. The van der Waals surface area contributed by atoms with Gasteiger partial charge in [-0.3, -0.25) is 28.8 Å². The number of carbonyl (C=O) groups excluding carboxylic acids is 6. The fraction of sp³-hybridized carbons (Fsp3) is 0.588. The fourth-order valence-electron chi connectivity index (χ4n) is 2.44. The lowest BCUT2D eigenvalue weighted by Gasteiger charge is -2.24. The van der Waals surface area contributed by atoms with Crippen LogP contribution in [0.25, 0.3) is 0 Å². The molecule has 16 heteroatoms. The molecule has 0 aromatic carbocycles. The molecule has 0 spiro atoms. The number of rotatable bonds is 15. The second-order valence-corrected chi connectivity index (χ2v) is 7.14. The van der Waals surface area contributed by atoms with Crippen LogP contribution in [0.2, 0.25) is 0 Å². The Bertz CT molecular complexity index is 787. The van der Waals surface area contributed by atoms with E-state index in [4.69, 9.17) is 28.0 Å². The van der Waals surface area contributed by atoms with E-state index in [1.165, 1.54) is 0 Å². The molecule has 0 heterocycles. The summed E-state index contributed by atoms with van der Waals surface area (Å²) < 4.78 is 0. The van der Waals surface area contributed by atoms with E-state index in [9.17, 15) is 38.7 Å². The molecule has 0 aliphatic carbocycles. The Balaban J connectivity index is 5.51. The van der Waals surface area contributed by atoms with Gasteiger partial charge in [-0.25, -0.2) is 4.79 Å².